The van der Waals surface area contributed by atoms with Gasteiger partial charge in [0.1, 0.15) is 18.0 Å². The Hall–Kier alpha value is -3.43. The third-order valence-electron chi connectivity index (χ3n) is 5.45. The second-order valence-electron chi connectivity index (χ2n) is 8.55. The molecule has 8 heteroatoms. The molecule has 0 aliphatic carbocycles. The zero-order chi connectivity index (χ0) is 26.2. The van der Waals surface area contributed by atoms with E-state index in [1.807, 2.05) is 57.2 Å². The third kappa shape index (κ3) is 7.05. The average molecular weight is 509 g/mol. The summed E-state index contributed by atoms with van der Waals surface area (Å²) >= 11 is 0. The second kappa shape index (κ2) is 12.5. The minimum Gasteiger partial charge on any atom is -0.388 e. The van der Waals surface area contributed by atoms with Gasteiger partial charge in [-0.1, -0.05) is 50.2 Å². The Balaban J connectivity index is 2.04. The van der Waals surface area contributed by atoms with E-state index in [4.69, 9.17) is 9.72 Å². The molecule has 2 unspecified atom stereocenters. The fraction of sp³-hybridized carbons (Fsp3) is 0.286. The van der Waals surface area contributed by atoms with E-state index >= 15 is 0 Å². The highest BCUT2D eigenvalue weighted by Crippen LogP contribution is 2.34. The molecule has 1 heterocycles. The normalized spacial score (nSPS) is 12.0. The number of hydrogen-bond donors (Lipinski definition) is 1. The summed E-state index contributed by atoms with van der Waals surface area (Å²) < 4.78 is 34.9. The average Bonchev–Trinajstić information content (AvgIpc) is 2.84. The van der Waals surface area contributed by atoms with Crippen LogP contribution in [0.15, 0.2) is 54.6 Å². The number of halogens is 1. The zero-order valence-electron chi connectivity index (χ0n) is 20.6. The zero-order valence-corrected chi connectivity index (χ0v) is 21.5. The van der Waals surface area contributed by atoms with Gasteiger partial charge >= 0.3 is 14.0 Å². The first-order valence-corrected chi connectivity index (χ1v) is 12.8. The maximum absolute atomic E-state index is 13.9. The van der Waals surface area contributed by atoms with Gasteiger partial charge in [0.25, 0.3) is 0 Å². The molecule has 186 valence electrons. The predicted molar refractivity (Wildman–Crippen MR) is 137 cm³/mol. The summed E-state index contributed by atoms with van der Waals surface area (Å²) in [6.07, 6.45) is 0.727. The molecule has 3 aromatic rings. The van der Waals surface area contributed by atoms with Crippen molar-refractivity contribution in [3.8, 4) is 34.4 Å². The van der Waals surface area contributed by atoms with Crippen LogP contribution in [0.2, 0.25) is 0 Å². The minimum absolute atomic E-state index is 0.0136. The van der Waals surface area contributed by atoms with Crippen LogP contribution in [-0.2, 0) is 18.6 Å². The third-order valence-corrected chi connectivity index (χ3v) is 6.58. The lowest BCUT2D eigenvalue weighted by atomic mass is 9.91. The molecule has 0 saturated heterocycles. The number of ether oxygens (including phenoxy) is 1. The van der Waals surface area contributed by atoms with Crippen molar-refractivity contribution < 1.29 is 28.1 Å². The Labute approximate surface area is 211 Å². The second-order valence-corrected chi connectivity index (χ2v) is 9.95. The summed E-state index contributed by atoms with van der Waals surface area (Å²) in [6.45, 7) is 5.80. The highest BCUT2D eigenvalue weighted by atomic mass is 31.1. The first-order chi connectivity index (χ1) is 17.2. The molecule has 0 bridgehead atoms. The molecule has 36 heavy (non-hydrogen) atoms. The van der Waals surface area contributed by atoms with Crippen LogP contribution in [0.1, 0.15) is 43.0 Å². The van der Waals surface area contributed by atoms with Gasteiger partial charge in [-0.05, 0) is 52.7 Å². The Morgan fingerprint density at radius 2 is 1.86 bits per heavy atom. The quantitative estimate of drug-likeness (QED) is 0.229. The van der Waals surface area contributed by atoms with E-state index in [-0.39, 0.29) is 24.3 Å². The minimum atomic E-state index is -2.05. The Kier molecular flexibility index (Phi) is 9.44. The van der Waals surface area contributed by atoms with E-state index < -0.39 is 20.1 Å². The number of nitrogens with zero attached hydrogens (tertiary/aromatic N) is 1. The number of esters is 1. The molecular weight excluding hydrogens is 480 g/mol. The summed E-state index contributed by atoms with van der Waals surface area (Å²) in [5, 5.41) is 9.89. The highest BCUT2D eigenvalue weighted by molar-refractivity contribution is 7.39. The Morgan fingerprint density at radius 1 is 1.14 bits per heavy atom. The topological polar surface area (TPSA) is 85.7 Å². The van der Waals surface area contributed by atoms with Crippen molar-refractivity contribution >= 4 is 14.0 Å². The van der Waals surface area contributed by atoms with Gasteiger partial charge < -0.3 is 9.84 Å². The number of rotatable bonds is 8. The number of aliphatic hydroxyl groups excluding tert-OH is 1. The highest BCUT2D eigenvalue weighted by Gasteiger charge is 2.24. The first-order valence-electron chi connectivity index (χ1n) is 11.4. The maximum atomic E-state index is 13.9. The predicted octanol–water partition coefficient (Wildman–Crippen LogP) is 5.98. The largest absolute Gasteiger partial charge is 0.510 e. The number of carbonyl (C=O) groups excluding carboxylic acids is 1. The number of benzene rings is 2. The summed E-state index contributed by atoms with van der Waals surface area (Å²) in [6, 6.07) is 16.2. The molecule has 2 atom stereocenters. The first kappa shape index (κ1) is 27.2. The van der Waals surface area contributed by atoms with Gasteiger partial charge in [-0.15, -0.1) is 4.52 Å². The van der Waals surface area contributed by atoms with Crippen LogP contribution in [0.5, 0.6) is 0 Å². The lowest BCUT2D eigenvalue weighted by Crippen LogP contribution is -2.16. The molecule has 1 N–H and O–H groups in total. The van der Waals surface area contributed by atoms with Crippen LogP contribution >= 0.6 is 8.03 Å². The van der Waals surface area contributed by atoms with Crippen LogP contribution in [0, 0.1) is 24.8 Å². The standard InChI is InChI=1S/C28H28FNO5P/c1-18(2)28-24(12-13-35-27(32)15-22(31)17-36(33)34-4)25(23-11-10-21(29)14-19(23)3)16-26(30-28)20-8-6-5-7-9-20/h5-11,14,16,18,22,31H,15,17H2,1-4H3/q+1. The SMILES string of the molecule is CO[P+](=O)CC(O)CC(=O)OC#Cc1c(-c2ccc(F)cc2C)cc(-c2ccccc2)nc1C(C)C. The van der Waals surface area contributed by atoms with Gasteiger partial charge in [-0.3, -0.25) is 9.78 Å². The monoisotopic (exact) mass is 508 g/mol. The molecule has 3 rings (SSSR count). The molecule has 0 aliphatic rings. The molecular formula is C28H28FNO5P+. The van der Waals surface area contributed by atoms with E-state index in [2.05, 4.69) is 16.6 Å². The van der Waals surface area contributed by atoms with Crippen molar-refractivity contribution in [2.24, 2.45) is 0 Å². The Morgan fingerprint density at radius 3 is 2.50 bits per heavy atom. The molecule has 0 fully saturated rings. The van der Waals surface area contributed by atoms with Crippen LogP contribution in [0.25, 0.3) is 22.4 Å². The van der Waals surface area contributed by atoms with Crippen molar-refractivity contribution in [3.63, 3.8) is 0 Å². The van der Waals surface area contributed by atoms with Crippen molar-refractivity contribution in [1.29, 1.82) is 0 Å². The van der Waals surface area contributed by atoms with Gasteiger partial charge in [0.2, 0.25) is 6.16 Å². The van der Waals surface area contributed by atoms with Gasteiger partial charge in [0.15, 0.2) is 0 Å². The van der Waals surface area contributed by atoms with Gasteiger partial charge in [0.05, 0.1) is 30.5 Å². The lowest BCUT2D eigenvalue weighted by Gasteiger charge is -2.17. The van der Waals surface area contributed by atoms with E-state index in [0.717, 1.165) is 27.9 Å². The summed E-state index contributed by atoms with van der Waals surface area (Å²) in [5.41, 5.74) is 5.19. The van der Waals surface area contributed by atoms with Crippen LogP contribution in [0.4, 0.5) is 4.39 Å². The number of carbonyl (C=O) groups is 1. The molecule has 0 spiro atoms. The fourth-order valence-corrected chi connectivity index (χ4v) is 4.31. The number of aliphatic hydroxyl groups is 1. The molecule has 1 aromatic heterocycles. The molecule has 0 saturated carbocycles. The molecule has 0 radical (unpaired) electrons. The van der Waals surface area contributed by atoms with Crippen molar-refractivity contribution in [1.82, 2.24) is 4.98 Å². The van der Waals surface area contributed by atoms with E-state index in [1.165, 1.54) is 19.2 Å². The summed E-state index contributed by atoms with van der Waals surface area (Å²) in [5.74, 6) is 1.82. The summed E-state index contributed by atoms with van der Waals surface area (Å²) in [4.78, 5) is 17.0. The van der Waals surface area contributed by atoms with Crippen LogP contribution in [0.3, 0.4) is 0 Å². The fourth-order valence-electron chi connectivity index (χ4n) is 3.69. The number of aryl methyl sites for hydroxylation is 1. The van der Waals surface area contributed by atoms with Gasteiger partial charge in [-0.25, -0.2) is 4.39 Å². The maximum Gasteiger partial charge on any atom is 0.510 e. The van der Waals surface area contributed by atoms with E-state index in [1.54, 1.807) is 6.07 Å². The van der Waals surface area contributed by atoms with E-state index in [0.29, 0.717) is 11.3 Å². The number of pyridine rings is 1. The van der Waals surface area contributed by atoms with E-state index in [9.17, 15) is 18.9 Å². The number of aromatic nitrogens is 1. The van der Waals surface area contributed by atoms with Crippen LogP contribution < -0.4 is 0 Å². The van der Waals surface area contributed by atoms with Crippen molar-refractivity contribution in [3.05, 3.63) is 77.2 Å². The van der Waals surface area contributed by atoms with Crippen molar-refractivity contribution in [2.75, 3.05) is 13.3 Å². The smallest absolute Gasteiger partial charge is 0.388 e. The lowest BCUT2D eigenvalue weighted by molar-refractivity contribution is -0.138. The number of hydrogen-bond acceptors (Lipinski definition) is 6. The van der Waals surface area contributed by atoms with Gasteiger partial charge in [-0.2, -0.15) is 0 Å². The molecule has 6 nitrogen and oxygen atoms in total. The summed E-state index contributed by atoms with van der Waals surface area (Å²) in [7, 11) is -0.783. The van der Waals surface area contributed by atoms with Crippen LogP contribution in [-0.4, -0.2) is 35.4 Å². The molecule has 2 aromatic carbocycles. The van der Waals surface area contributed by atoms with Gasteiger partial charge in [0, 0.05) is 11.1 Å². The molecule has 0 aliphatic heterocycles. The van der Waals surface area contributed by atoms with Crippen molar-refractivity contribution in [2.45, 2.75) is 39.2 Å². The molecule has 0 amide bonds. The Bertz CT molecular complexity index is 1310.